The number of rotatable bonds is 4. The summed E-state index contributed by atoms with van der Waals surface area (Å²) in [5, 5.41) is 0. The van der Waals surface area contributed by atoms with E-state index in [-0.39, 0.29) is 12.3 Å². The second-order valence-electron chi connectivity index (χ2n) is 3.94. The molecule has 0 bridgehead atoms. The van der Waals surface area contributed by atoms with Crippen LogP contribution in [0.15, 0.2) is 30.3 Å². The van der Waals surface area contributed by atoms with Crippen molar-refractivity contribution in [3.05, 3.63) is 35.9 Å². The molecule has 0 aliphatic carbocycles. The first kappa shape index (κ1) is 11.1. The van der Waals surface area contributed by atoms with Crippen LogP contribution < -0.4 is 0 Å². The first-order chi connectivity index (χ1) is 7.81. The molecule has 2 atom stereocenters. The molecule has 16 heavy (non-hydrogen) atoms. The third-order valence-electron chi connectivity index (χ3n) is 2.65. The highest BCUT2D eigenvalue weighted by molar-refractivity contribution is 5.77. The standard InChI is InChI=1S/C13H16O3/c1-2-3-9-11-15-12(13(14)16-11)10-7-5-4-6-8-10/h4-8,11-12H,2-3,9H2,1H3/t11-,12+/m1/s1. The molecule has 0 radical (unpaired) electrons. The quantitative estimate of drug-likeness (QED) is 0.732. The number of hydrogen-bond donors (Lipinski definition) is 0. The normalized spacial score (nSPS) is 24.4. The Balaban J connectivity index is 2.00. The van der Waals surface area contributed by atoms with Gasteiger partial charge in [-0.25, -0.2) is 4.79 Å². The van der Waals surface area contributed by atoms with E-state index >= 15 is 0 Å². The maximum Gasteiger partial charge on any atom is 0.342 e. The highest BCUT2D eigenvalue weighted by Crippen LogP contribution is 2.29. The third-order valence-corrected chi connectivity index (χ3v) is 2.65. The van der Waals surface area contributed by atoms with E-state index in [0.717, 1.165) is 24.8 Å². The van der Waals surface area contributed by atoms with Gasteiger partial charge in [-0.3, -0.25) is 0 Å². The lowest BCUT2D eigenvalue weighted by molar-refractivity contribution is -0.144. The molecule has 1 heterocycles. The van der Waals surface area contributed by atoms with Crippen LogP contribution in [0, 0.1) is 0 Å². The summed E-state index contributed by atoms with van der Waals surface area (Å²) >= 11 is 0. The number of hydrogen-bond acceptors (Lipinski definition) is 3. The summed E-state index contributed by atoms with van der Waals surface area (Å²) in [5.74, 6) is -0.271. The molecule has 0 aromatic heterocycles. The van der Waals surface area contributed by atoms with Crippen LogP contribution in [0.1, 0.15) is 37.9 Å². The number of cyclic esters (lactones) is 1. The van der Waals surface area contributed by atoms with Crippen molar-refractivity contribution in [2.45, 2.75) is 38.6 Å². The van der Waals surface area contributed by atoms with Crippen molar-refractivity contribution in [3.63, 3.8) is 0 Å². The second-order valence-corrected chi connectivity index (χ2v) is 3.94. The Bertz CT molecular complexity index is 347. The predicted molar refractivity (Wildman–Crippen MR) is 59.7 cm³/mol. The van der Waals surface area contributed by atoms with Crippen LogP contribution in [0.2, 0.25) is 0 Å². The van der Waals surface area contributed by atoms with Crippen molar-refractivity contribution in [1.82, 2.24) is 0 Å². The van der Waals surface area contributed by atoms with Gasteiger partial charge < -0.3 is 9.47 Å². The van der Waals surface area contributed by atoms with Crippen molar-refractivity contribution in [2.75, 3.05) is 0 Å². The molecule has 1 aliphatic heterocycles. The second kappa shape index (κ2) is 5.12. The monoisotopic (exact) mass is 220 g/mol. The summed E-state index contributed by atoms with van der Waals surface area (Å²) in [4.78, 5) is 11.6. The number of unbranched alkanes of at least 4 members (excludes halogenated alkanes) is 1. The number of benzene rings is 1. The van der Waals surface area contributed by atoms with Gasteiger partial charge in [0.2, 0.25) is 6.29 Å². The van der Waals surface area contributed by atoms with E-state index in [1.54, 1.807) is 0 Å². The van der Waals surface area contributed by atoms with Gasteiger partial charge in [0.15, 0.2) is 6.10 Å². The molecular weight excluding hydrogens is 204 g/mol. The molecule has 2 rings (SSSR count). The van der Waals surface area contributed by atoms with Crippen LogP contribution in [-0.2, 0) is 14.3 Å². The van der Waals surface area contributed by atoms with Gasteiger partial charge in [-0.05, 0) is 12.0 Å². The van der Waals surface area contributed by atoms with E-state index in [0.29, 0.717) is 0 Å². The summed E-state index contributed by atoms with van der Waals surface area (Å²) in [7, 11) is 0. The van der Waals surface area contributed by atoms with Gasteiger partial charge in [0.25, 0.3) is 0 Å². The van der Waals surface area contributed by atoms with E-state index in [1.807, 2.05) is 30.3 Å². The molecule has 0 N–H and O–H groups in total. The molecule has 1 aromatic carbocycles. The molecule has 0 unspecified atom stereocenters. The minimum atomic E-state index is -0.539. The van der Waals surface area contributed by atoms with Crippen LogP contribution >= 0.6 is 0 Å². The maximum atomic E-state index is 11.6. The first-order valence-electron chi connectivity index (χ1n) is 5.72. The zero-order chi connectivity index (χ0) is 11.4. The molecule has 0 amide bonds. The van der Waals surface area contributed by atoms with Gasteiger partial charge in [0.1, 0.15) is 0 Å². The highest BCUT2D eigenvalue weighted by Gasteiger charge is 2.35. The summed E-state index contributed by atoms with van der Waals surface area (Å²) in [6, 6.07) is 9.47. The lowest BCUT2D eigenvalue weighted by Gasteiger charge is -2.08. The van der Waals surface area contributed by atoms with Crippen molar-refractivity contribution in [2.24, 2.45) is 0 Å². The van der Waals surface area contributed by atoms with Crippen LogP contribution in [-0.4, -0.2) is 12.3 Å². The first-order valence-corrected chi connectivity index (χ1v) is 5.72. The van der Waals surface area contributed by atoms with Crippen molar-refractivity contribution < 1.29 is 14.3 Å². The lowest BCUT2D eigenvalue weighted by Crippen LogP contribution is -2.07. The molecule has 86 valence electrons. The Labute approximate surface area is 95.4 Å². The van der Waals surface area contributed by atoms with E-state index in [9.17, 15) is 4.79 Å². The number of carbonyl (C=O) groups excluding carboxylic acids is 1. The third kappa shape index (κ3) is 2.42. The van der Waals surface area contributed by atoms with Crippen LogP contribution in [0.4, 0.5) is 0 Å². The van der Waals surface area contributed by atoms with Crippen molar-refractivity contribution >= 4 is 5.97 Å². The van der Waals surface area contributed by atoms with Crippen molar-refractivity contribution in [3.8, 4) is 0 Å². The molecule has 1 saturated heterocycles. The van der Waals surface area contributed by atoms with Gasteiger partial charge in [-0.2, -0.15) is 0 Å². The smallest absolute Gasteiger partial charge is 0.342 e. The fourth-order valence-electron chi connectivity index (χ4n) is 1.77. The Morgan fingerprint density at radius 1 is 1.25 bits per heavy atom. The molecule has 1 fully saturated rings. The van der Waals surface area contributed by atoms with Gasteiger partial charge in [0.05, 0.1) is 0 Å². The summed E-state index contributed by atoms with van der Waals surface area (Å²) < 4.78 is 10.8. The minimum absolute atomic E-state index is 0.271. The van der Waals surface area contributed by atoms with Crippen molar-refractivity contribution in [1.29, 1.82) is 0 Å². The molecule has 0 spiro atoms. The molecule has 3 nitrogen and oxygen atoms in total. The van der Waals surface area contributed by atoms with Crippen LogP contribution in [0.5, 0.6) is 0 Å². The Morgan fingerprint density at radius 2 is 2.00 bits per heavy atom. The Kier molecular flexibility index (Phi) is 3.57. The zero-order valence-corrected chi connectivity index (χ0v) is 9.39. The zero-order valence-electron chi connectivity index (χ0n) is 9.39. The van der Waals surface area contributed by atoms with E-state index in [1.165, 1.54) is 0 Å². The Morgan fingerprint density at radius 3 is 2.69 bits per heavy atom. The number of esters is 1. The average molecular weight is 220 g/mol. The summed E-state index contributed by atoms with van der Waals surface area (Å²) in [5.41, 5.74) is 0.867. The minimum Gasteiger partial charge on any atom is -0.434 e. The number of carbonyl (C=O) groups is 1. The molecule has 1 aromatic rings. The topological polar surface area (TPSA) is 35.5 Å². The maximum absolute atomic E-state index is 11.6. The lowest BCUT2D eigenvalue weighted by atomic mass is 10.1. The molecule has 1 aliphatic rings. The van der Waals surface area contributed by atoms with Gasteiger partial charge in [-0.1, -0.05) is 43.7 Å². The molecule has 0 saturated carbocycles. The highest BCUT2D eigenvalue weighted by atomic mass is 16.7. The van der Waals surface area contributed by atoms with E-state index in [2.05, 4.69) is 6.92 Å². The molecule has 3 heteroatoms. The van der Waals surface area contributed by atoms with Crippen LogP contribution in [0.3, 0.4) is 0 Å². The average Bonchev–Trinajstić information content (AvgIpc) is 2.69. The number of ether oxygens (including phenoxy) is 2. The molecular formula is C13H16O3. The fourth-order valence-corrected chi connectivity index (χ4v) is 1.77. The summed E-state index contributed by atoms with van der Waals surface area (Å²) in [6.07, 6.45) is 1.97. The SMILES string of the molecule is CCCC[C@H]1OC(=O)[C@H](c2ccccc2)O1. The fraction of sp³-hybridized carbons (Fsp3) is 0.462. The van der Waals surface area contributed by atoms with Gasteiger partial charge in [0, 0.05) is 6.42 Å². The largest absolute Gasteiger partial charge is 0.434 e. The van der Waals surface area contributed by atoms with E-state index in [4.69, 9.17) is 9.47 Å². The van der Waals surface area contributed by atoms with Gasteiger partial charge in [-0.15, -0.1) is 0 Å². The van der Waals surface area contributed by atoms with Gasteiger partial charge >= 0.3 is 5.97 Å². The van der Waals surface area contributed by atoms with Crippen LogP contribution in [0.25, 0.3) is 0 Å². The summed E-state index contributed by atoms with van der Waals surface area (Å²) in [6.45, 7) is 2.10. The Hall–Kier alpha value is -1.35. The predicted octanol–water partition coefficient (Wildman–Crippen LogP) is 2.82. The van der Waals surface area contributed by atoms with E-state index < -0.39 is 6.10 Å².